The third kappa shape index (κ3) is 2.44. The van der Waals surface area contributed by atoms with Crippen molar-refractivity contribution in [1.29, 1.82) is 0 Å². The van der Waals surface area contributed by atoms with E-state index < -0.39 is 11.6 Å². The molecule has 1 aromatic rings. The normalized spacial score (nSPS) is 26.3. The van der Waals surface area contributed by atoms with E-state index in [1.165, 1.54) is 6.08 Å². The Kier molecular flexibility index (Phi) is 3.81. The molecule has 0 amide bonds. The fraction of sp³-hybridized carbons (Fsp3) is 0.333. The highest BCUT2D eigenvalue weighted by atomic mass is 16.5. The molecule has 0 saturated carbocycles. The smallest absolute Gasteiger partial charge is 0.217 e. The van der Waals surface area contributed by atoms with Gasteiger partial charge in [0.2, 0.25) is 5.90 Å². The Bertz CT molecular complexity index is 521. The topological polar surface area (TPSA) is 58.9 Å². The second-order valence-electron chi connectivity index (χ2n) is 4.58. The molecule has 19 heavy (non-hydrogen) atoms. The lowest BCUT2D eigenvalue weighted by molar-refractivity contribution is -0.121. The molecule has 0 radical (unpaired) electrons. The predicted molar refractivity (Wildman–Crippen MR) is 73.2 cm³/mol. The van der Waals surface area contributed by atoms with Gasteiger partial charge in [0.1, 0.15) is 0 Å². The molecule has 2 rings (SSSR count). The first-order valence-electron chi connectivity index (χ1n) is 6.21. The van der Waals surface area contributed by atoms with Crippen LogP contribution < -0.4 is 0 Å². The lowest BCUT2D eigenvalue weighted by Crippen LogP contribution is -2.44. The number of rotatable bonds is 4. The molecule has 0 fully saturated rings. The summed E-state index contributed by atoms with van der Waals surface area (Å²) in [5, 5.41) is 9.41. The van der Waals surface area contributed by atoms with E-state index in [0.717, 1.165) is 5.56 Å². The summed E-state index contributed by atoms with van der Waals surface area (Å²) in [5.74, 6) is 0.236. The number of carbonyl (C=O) groups is 1. The largest absolute Gasteiger partial charge is 0.469 e. The van der Waals surface area contributed by atoms with E-state index in [2.05, 4.69) is 4.99 Å². The van der Waals surface area contributed by atoms with Gasteiger partial charge >= 0.3 is 0 Å². The van der Waals surface area contributed by atoms with Gasteiger partial charge in [-0.05, 0) is 32.1 Å². The molecule has 1 heterocycles. The molecule has 1 aliphatic rings. The molecule has 0 aliphatic carbocycles. The van der Waals surface area contributed by atoms with Crippen molar-refractivity contribution in [3.8, 4) is 0 Å². The van der Waals surface area contributed by atoms with Crippen molar-refractivity contribution >= 4 is 11.7 Å². The first-order valence-corrected chi connectivity index (χ1v) is 6.21. The Morgan fingerprint density at radius 3 is 2.74 bits per heavy atom. The minimum atomic E-state index is -1.06. The van der Waals surface area contributed by atoms with E-state index in [1.807, 2.05) is 30.3 Å². The highest BCUT2D eigenvalue weighted by Crippen LogP contribution is 2.29. The molecule has 0 spiro atoms. The zero-order chi connectivity index (χ0) is 13.9. The van der Waals surface area contributed by atoms with E-state index >= 15 is 0 Å². The van der Waals surface area contributed by atoms with Gasteiger partial charge in [0.15, 0.2) is 17.4 Å². The fourth-order valence-electron chi connectivity index (χ4n) is 2.02. The Hall–Kier alpha value is -1.94. The third-order valence-corrected chi connectivity index (χ3v) is 3.22. The van der Waals surface area contributed by atoms with Crippen LogP contribution in [0, 0.1) is 0 Å². The summed E-state index contributed by atoms with van der Waals surface area (Å²) >= 11 is 0. The van der Waals surface area contributed by atoms with Crippen molar-refractivity contribution in [3.63, 3.8) is 0 Å². The summed E-state index contributed by atoms with van der Waals surface area (Å²) in [6.07, 6.45) is 2.48. The molecule has 1 N–H and O–H groups in total. The molecular formula is C15H17NO3. The van der Waals surface area contributed by atoms with E-state index in [-0.39, 0.29) is 12.4 Å². The van der Waals surface area contributed by atoms with Crippen LogP contribution in [0.4, 0.5) is 0 Å². The number of aliphatic hydroxyl groups is 1. The summed E-state index contributed by atoms with van der Waals surface area (Å²) < 4.78 is 5.63. The summed E-state index contributed by atoms with van der Waals surface area (Å²) in [5.41, 5.74) is -0.259. The van der Waals surface area contributed by atoms with Crippen LogP contribution in [-0.4, -0.2) is 35.0 Å². The molecular weight excluding hydrogens is 242 g/mol. The van der Waals surface area contributed by atoms with Crippen molar-refractivity contribution in [1.82, 2.24) is 0 Å². The predicted octanol–water partition coefficient (Wildman–Crippen LogP) is 1.73. The van der Waals surface area contributed by atoms with Gasteiger partial charge in [-0.25, -0.2) is 4.99 Å². The van der Waals surface area contributed by atoms with E-state index in [1.54, 1.807) is 19.9 Å². The fourth-order valence-corrected chi connectivity index (χ4v) is 2.02. The molecule has 1 aromatic carbocycles. The van der Waals surface area contributed by atoms with E-state index in [0.29, 0.717) is 5.90 Å². The summed E-state index contributed by atoms with van der Waals surface area (Å²) in [6.45, 7) is 3.21. The zero-order valence-electron chi connectivity index (χ0n) is 11.0. The van der Waals surface area contributed by atoms with Crippen molar-refractivity contribution in [2.24, 2.45) is 4.99 Å². The Balaban J connectivity index is 2.37. The van der Waals surface area contributed by atoms with Crippen LogP contribution >= 0.6 is 0 Å². The monoisotopic (exact) mass is 259 g/mol. The van der Waals surface area contributed by atoms with Gasteiger partial charge in [-0.1, -0.05) is 24.3 Å². The number of aliphatic imine (C=N–C) groups is 1. The molecule has 100 valence electrons. The second-order valence-corrected chi connectivity index (χ2v) is 4.58. The summed E-state index contributed by atoms with van der Waals surface area (Å²) in [4.78, 5) is 16.5. The molecule has 2 unspecified atom stereocenters. The maximum atomic E-state index is 12.1. The number of carbonyl (C=O) groups excluding carboxylic acids is 1. The van der Waals surface area contributed by atoms with Crippen molar-refractivity contribution < 1.29 is 14.6 Å². The van der Waals surface area contributed by atoms with E-state index in [9.17, 15) is 9.90 Å². The van der Waals surface area contributed by atoms with Crippen molar-refractivity contribution in [2.75, 3.05) is 6.61 Å². The van der Waals surface area contributed by atoms with Crippen LogP contribution in [0.25, 0.3) is 0 Å². The Morgan fingerprint density at radius 2 is 2.16 bits per heavy atom. The molecule has 0 aromatic heterocycles. The van der Waals surface area contributed by atoms with Crippen molar-refractivity contribution in [3.05, 3.63) is 48.0 Å². The first-order chi connectivity index (χ1) is 9.11. The van der Waals surface area contributed by atoms with Crippen LogP contribution in [-0.2, 0) is 9.53 Å². The standard InChI is InChI=1S/C15H17NO3/c1-3-7-12(18)15(2)13(10-17)19-14(16-15)11-8-5-4-6-9-11/h3-9,13,17H,10H2,1-2H3. The molecule has 0 saturated heterocycles. The number of hydrogen-bond acceptors (Lipinski definition) is 4. The van der Waals surface area contributed by atoms with Gasteiger partial charge in [0.05, 0.1) is 6.61 Å². The van der Waals surface area contributed by atoms with E-state index in [4.69, 9.17) is 4.74 Å². The maximum absolute atomic E-state index is 12.1. The summed E-state index contributed by atoms with van der Waals surface area (Å²) in [7, 11) is 0. The van der Waals surface area contributed by atoms with Gasteiger partial charge in [-0.3, -0.25) is 4.79 Å². The number of aliphatic hydroxyl groups excluding tert-OH is 1. The van der Waals surface area contributed by atoms with Crippen LogP contribution in [0.15, 0.2) is 47.5 Å². The lowest BCUT2D eigenvalue weighted by atomic mass is 9.91. The zero-order valence-corrected chi connectivity index (χ0v) is 11.0. The number of nitrogens with zero attached hydrogens (tertiary/aromatic N) is 1. The molecule has 2 atom stereocenters. The van der Waals surface area contributed by atoms with Crippen molar-refractivity contribution in [2.45, 2.75) is 25.5 Å². The van der Waals surface area contributed by atoms with Crippen LogP contribution in [0.1, 0.15) is 19.4 Å². The highest BCUT2D eigenvalue weighted by molar-refractivity contribution is 6.04. The molecule has 0 bridgehead atoms. The number of ether oxygens (including phenoxy) is 1. The lowest BCUT2D eigenvalue weighted by Gasteiger charge is -2.22. The van der Waals surface area contributed by atoms with Gasteiger partial charge < -0.3 is 9.84 Å². The number of allylic oxidation sites excluding steroid dienone is 1. The Morgan fingerprint density at radius 1 is 1.47 bits per heavy atom. The van der Waals surface area contributed by atoms with Gasteiger partial charge in [-0.2, -0.15) is 0 Å². The van der Waals surface area contributed by atoms with Gasteiger partial charge in [0, 0.05) is 5.56 Å². The number of benzene rings is 1. The van der Waals surface area contributed by atoms with Crippen LogP contribution in [0.3, 0.4) is 0 Å². The maximum Gasteiger partial charge on any atom is 0.217 e. The van der Waals surface area contributed by atoms with Gasteiger partial charge in [-0.15, -0.1) is 0 Å². The Labute approximate surface area is 112 Å². The first kappa shape index (κ1) is 13.5. The minimum absolute atomic E-state index is 0.167. The van der Waals surface area contributed by atoms with Gasteiger partial charge in [0.25, 0.3) is 0 Å². The SMILES string of the molecule is CC=CC(=O)C1(C)N=C(c2ccccc2)OC1CO. The second kappa shape index (κ2) is 5.36. The minimum Gasteiger partial charge on any atom is -0.469 e. The quantitative estimate of drug-likeness (QED) is 0.838. The third-order valence-electron chi connectivity index (χ3n) is 3.22. The number of ketones is 1. The molecule has 4 nitrogen and oxygen atoms in total. The molecule has 4 heteroatoms. The average molecular weight is 259 g/mol. The average Bonchev–Trinajstić information content (AvgIpc) is 2.79. The summed E-state index contributed by atoms with van der Waals surface area (Å²) in [6, 6.07) is 9.36. The van der Waals surface area contributed by atoms with Crippen LogP contribution in [0.5, 0.6) is 0 Å². The molecule has 1 aliphatic heterocycles. The van der Waals surface area contributed by atoms with Crippen LogP contribution in [0.2, 0.25) is 0 Å². The number of hydrogen-bond donors (Lipinski definition) is 1. The highest BCUT2D eigenvalue weighted by Gasteiger charge is 2.46.